The van der Waals surface area contributed by atoms with Crippen LogP contribution in [0.3, 0.4) is 0 Å². The van der Waals surface area contributed by atoms with Crippen LogP contribution in [0.1, 0.15) is 36.9 Å². The molecule has 0 bridgehead atoms. The number of imidazole rings is 1. The van der Waals surface area contributed by atoms with Crippen molar-refractivity contribution >= 4 is 5.91 Å². The standard InChI is InChI=1S/C18H23N3O3/c1-3-21-11-10-19-17(21)16-14(9-12-24-16)20-18(22)15(23-2)13-7-5-4-6-8-13/h4-8,10-11,14-16H,3,9,12H2,1-2H3,(H,20,22)/t14-,15-,16-/m0/s1. The summed E-state index contributed by atoms with van der Waals surface area (Å²) in [4.78, 5) is 17.1. The van der Waals surface area contributed by atoms with Crippen molar-refractivity contribution in [2.24, 2.45) is 0 Å². The van der Waals surface area contributed by atoms with Gasteiger partial charge in [0.15, 0.2) is 6.10 Å². The third-order valence-electron chi connectivity index (χ3n) is 4.34. The Morgan fingerprint density at radius 2 is 2.25 bits per heavy atom. The summed E-state index contributed by atoms with van der Waals surface area (Å²) in [7, 11) is 1.55. The number of nitrogens with zero attached hydrogens (tertiary/aromatic N) is 2. The highest BCUT2D eigenvalue weighted by molar-refractivity contribution is 5.82. The lowest BCUT2D eigenvalue weighted by molar-refractivity contribution is -0.132. The summed E-state index contributed by atoms with van der Waals surface area (Å²) in [5.74, 6) is 0.702. The SMILES string of the molecule is CCn1ccnc1[C@H]1OCC[C@@H]1NC(=O)[C@@H](OC)c1ccccc1. The monoisotopic (exact) mass is 329 g/mol. The van der Waals surface area contributed by atoms with Crippen molar-refractivity contribution in [2.75, 3.05) is 13.7 Å². The Balaban J connectivity index is 1.73. The van der Waals surface area contributed by atoms with Crippen LogP contribution < -0.4 is 5.32 Å². The Bertz CT molecular complexity index is 671. The van der Waals surface area contributed by atoms with Crippen LogP contribution in [0.25, 0.3) is 0 Å². The first-order valence-electron chi connectivity index (χ1n) is 8.25. The van der Waals surface area contributed by atoms with Gasteiger partial charge in [0.25, 0.3) is 5.91 Å². The molecule has 1 amide bonds. The Morgan fingerprint density at radius 3 is 2.96 bits per heavy atom. The van der Waals surface area contributed by atoms with Crippen molar-refractivity contribution < 1.29 is 14.3 Å². The van der Waals surface area contributed by atoms with Gasteiger partial charge in [-0.15, -0.1) is 0 Å². The summed E-state index contributed by atoms with van der Waals surface area (Å²) in [6.45, 7) is 3.49. The fraction of sp³-hybridized carbons (Fsp3) is 0.444. The van der Waals surface area contributed by atoms with Gasteiger partial charge >= 0.3 is 0 Å². The minimum atomic E-state index is -0.627. The van der Waals surface area contributed by atoms with Crippen LogP contribution in [0.5, 0.6) is 0 Å². The van der Waals surface area contributed by atoms with E-state index in [0.717, 1.165) is 24.4 Å². The predicted octanol–water partition coefficient (Wildman–Crippen LogP) is 2.24. The van der Waals surface area contributed by atoms with Crippen molar-refractivity contribution in [1.82, 2.24) is 14.9 Å². The quantitative estimate of drug-likeness (QED) is 0.883. The van der Waals surface area contributed by atoms with Gasteiger partial charge in [0.1, 0.15) is 11.9 Å². The zero-order chi connectivity index (χ0) is 16.9. The highest BCUT2D eigenvalue weighted by Crippen LogP contribution is 2.29. The van der Waals surface area contributed by atoms with E-state index in [4.69, 9.17) is 9.47 Å². The van der Waals surface area contributed by atoms with E-state index in [1.165, 1.54) is 0 Å². The van der Waals surface area contributed by atoms with E-state index in [-0.39, 0.29) is 18.1 Å². The minimum Gasteiger partial charge on any atom is -0.368 e. The summed E-state index contributed by atoms with van der Waals surface area (Å²) in [6, 6.07) is 9.38. The Hall–Kier alpha value is -2.18. The number of rotatable bonds is 6. The molecule has 1 aromatic carbocycles. The van der Waals surface area contributed by atoms with Gasteiger partial charge in [0.05, 0.1) is 6.04 Å². The molecule has 1 fully saturated rings. The molecule has 24 heavy (non-hydrogen) atoms. The molecule has 1 N–H and O–H groups in total. The molecule has 6 nitrogen and oxygen atoms in total. The number of nitrogens with one attached hydrogen (secondary N) is 1. The topological polar surface area (TPSA) is 65.4 Å². The number of aryl methyl sites for hydroxylation is 1. The number of amides is 1. The van der Waals surface area contributed by atoms with E-state index < -0.39 is 6.10 Å². The van der Waals surface area contributed by atoms with E-state index in [0.29, 0.717) is 6.61 Å². The third-order valence-corrected chi connectivity index (χ3v) is 4.34. The number of benzene rings is 1. The lowest BCUT2D eigenvalue weighted by atomic mass is 10.1. The summed E-state index contributed by atoms with van der Waals surface area (Å²) in [6.07, 6.45) is 3.60. The lowest BCUT2D eigenvalue weighted by Gasteiger charge is -2.23. The first-order valence-corrected chi connectivity index (χ1v) is 8.25. The van der Waals surface area contributed by atoms with Crippen LogP contribution >= 0.6 is 0 Å². The van der Waals surface area contributed by atoms with Gasteiger partial charge < -0.3 is 19.4 Å². The van der Waals surface area contributed by atoms with Crippen molar-refractivity contribution in [2.45, 2.75) is 38.1 Å². The fourth-order valence-electron chi connectivity index (χ4n) is 3.12. The maximum absolute atomic E-state index is 12.7. The first-order chi connectivity index (χ1) is 11.7. The summed E-state index contributed by atoms with van der Waals surface area (Å²) < 4.78 is 13.3. The van der Waals surface area contributed by atoms with Crippen LogP contribution in [-0.4, -0.2) is 35.2 Å². The summed E-state index contributed by atoms with van der Waals surface area (Å²) >= 11 is 0. The van der Waals surface area contributed by atoms with Crippen LogP contribution in [-0.2, 0) is 20.8 Å². The largest absolute Gasteiger partial charge is 0.368 e. The van der Waals surface area contributed by atoms with E-state index in [1.807, 2.05) is 41.1 Å². The molecule has 1 aliphatic rings. The maximum Gasteiger partial charge on any atom is 0.254 e. The van der Waals surface area contributed by atoms with Crippen molar-refractivity contribution in [3.8, 4) is 0 Å². The minimum absolute atomic E-state index is 0.105. The summed E-state index contributed by atoms with van der Waals surface area (Å²) in [5.41, 5.74) is 0.836. The molecule has 0 spiro atoms. The first kappa shape index (κ1) is 16.7. The van der Waals surface area contributed by atoms with E-state index in [9.17, 15) is 4.79 Å². The zero-order valence-corrected chi connectivity index (χ0v) is 14.0. The Kier molecular flexibility index (Phi) is 5.27. The molecular weight excluding hydrogens is 306 g/mol. The van der Waals surface area contributed by atoms with Crippen LogP contribution in [0, 0.1) is 0 Å². The number of aromatic nitrogens is 2. The predicted molar refractivity (Wildman–Crippen MR) is 89.3 cm³/mol. The van der Waals surface area contributed by atoms with Gasteiger partial charge in [-0.3, -0.25) is 4.79 Å². The number of carbonyl (C=O) groups excluding carboxylic acids is 1. The highest BCUT2D eigenvalue weighted by atomic mass is 16.5. The molecule has 128 valence electrons. The smallest absolute Gasteiger partial charge is 0.254 e. The zero-order valence-electron chi connectivity index (χ0n) is 14.0. The molecule has 2 heterocycles. The van der Waals surface area contributed by atoms with Gasteiger partial charge in [-0.1, -0.05) is 30.3 Å². The number of carbonyl (C=O) groups is 1. The molecule has 3 atom stereocenters. The molecular formula is C18H23N3O3. The van der Waals surface area contributed by atoms with Gasteiger partial charge in [0.2, 0.25) is 0 Å². The third kappa shape index (κ3) is 3.34. The van der Waals surface area contributed by atoms with E-state index >= 15 is 0 Å². The van der Waals surface area contributed by atoms with E-state index in [2.05, 4.69) is 17.2 Å². The number of methoxy groups -OCH3 is 1. The number of hydrogen-bond donors (Lipinski definition) is 1. The second kappa shape index (κ2) is 7.59. The van der Waals surface area contributed by atoms with Gasteiger partial charge in [-0.05, 0) is 18.9 Å². The molecule has 0 saturated carbocycles. The normalized spacial score (nSPS) is 21.6. The van der Waals surface area contributed by atoms with Crippen LogP contribution in [0.4, 0.5) is 0 Å². The summed E-state index contributed by atoms with van der Waals surface area (Å²) in [5, 5.41) is 3.08. The molecule has 0 unspecified atom stereocenters. The number of ether oxygens (including phenoxy) is 2. The van der Waals surface area contributed by atoms with E-state index in [1.54, 1.807) is 13.3 Å². The molecule has 1 saturated heterocycles. The Labute approximate surface area is 141 Å². The second-order valence-electron chi connectivity index (χ2n) is 5.79. The average molecular weight is 329 g/mol. The average Bonchev–Trinajstić information content (AvgIpc) is 3.24. The maximum atomic E-state index is 12.7. The number of hydrogen-bond acceptors (Lipinski definition) is 4. The molecule has 3 rings (SSSR count). The molecule has 1 aliphatic heterocycles. The van der Waals surface area contributed by atoms with Crippen molar-refractivity contribution in [3.05, 3.63) is 54.1 Å². The molecule has 0 aliphatic carbocycles. The lowest BCUT2D eigenvalue weighted by Crippen LogP contribution is -2.40. The van der Waals surface area contributed by atoms with Gasteiger partial charge in [0, 0.05) is 32.7 Å². The van der Waals surface area contributed by atoms with Crippen LogP contribution in [0.2, 0.25) is 0 Å². The molecule has 1 aromatic heterocycles. The fourth-order valence-corrected chi connectivity index (χ4v) is 3.12. The molecule has 0 radical (unpaired) electrons. The van der Waals surface area contributed by atoms with Crippen molar-refractivity contribution in [1.29, 1.82) is 0 Å². The van der Waals surface area contributed by atoms with Crippen LogP contribution in [0.15, 0.2) is 42.7 Å². The van der Waals surface area contributed by atoms with Gasteiger partial charge in [-0.25, -0.2) is 4.98 Å². The highest BCUT2D eigenvalue weighted by Gasteiger charge is 2.35. The Morgan fingerprint density at radius 1 is 1.46 bits per heavy atom. The van der Waals surface area contributed by atoms with Gasteiger partial charge in [-0.2, -0.15) is 0 Å². The molecule has 2 aromatic rings. The second-order valence-corrected chi connectivity index (χ2v) is 5.79. The van der Waals surface area contributed by atoms with Crippen molar-refractivity contribution in [3.63, 3.8) is 0 Å². The molecule has 6 heteroatoms.